The number of anilines is 1. The molecular weight excluding hydrogens is 437 g/mol. The van der Waals surface area contributed by atoms with Gasteiger partial charge in [-0.15, -0.1) is 0 Å². The summed E-state index contributed by atoms with van der Waals surface area (Å²) in [5.74, 6) is -0.118. The number of amides is 1. The molecule has 1 fully saturated rings. The number of aliphatic hydroxyl groups is 1. The zero-order valence-corrected chi connectivity index (χ0v) is 16.8. The molecule has 4 rings (SSSR count). The van der Waals surface area contributed by atoms with Crippen molar-refractivity contribution in [3.05, 3.63) is 35.2 Å². The fourth-order valence-corrected chi connectivity index (χ4v) is 3.81. The van der Waals surface area contributed by atoms with Crippen molar-refractivity contribution in [1.29, 1.82) is 0 Å². The Kier molecular flexibility index (Phi) is 5.71. The number of nitrogens with zero attached hydrogens (tertiary/aromatic N) is 4. The fourth-order valence-electron chi connectivity index (χ4n) is 3.65. The molecule has 12 heteroatoms. The SMILES string of the molecule is O=C(NCC(F)(F)F)[C@H]1CCCN1c1nc(-c2c[nH]c3ncc(Cl)cc23)ncc1CO. The number of hydrogen-bond acceptors (Lipinski definition) is 6. The lowest BCUT2D eigenvalue weighted by Crippen LogP contribution is -2.46. The number of pyridine rings is 1. The monoisotopic (exact) mass is 454 g/mol. The van der Waals surface area contributed by atoms with Gasteiger partial charge in [0.15, 0.2) is 5.82 Å². The van der Waals surface area contributed by atoms with E-state index in [-0.39, 0.29) is 6.61 Å². The van der Waals surface area contributed by atoms with Crippen molar-refractivity contribution in [2.75, 3.05) is 18.0 Å². The average molecular weight is 455 g/mol. The van der Waals surface area contributed by atoms with Gasteiger partial charge >= 0.3 is 6.18 Å². The molecule has 8 nitrogen and oxygen atoms in total. The average Bonchev–Trinajstić information content (AvgIpc) is 3.38. The van der Waals surface area contributed by atoms with Gasteiger partial charge in [-0.3, -0.25) is 4.79 Å². The van der Waals surface area contributed by atoms with E-state index in [0.29, 0.717) is 58.2 Å². The second kappa shape index (κ2) is 8.31. The lowest BCUT2D eigenvalue weighted by atomic mass is 10.1. The fraction of sp³-hybridized carbons (Fsp3) is 0.368. The molecule has 1 aliphatic rings. The zero-order valence-electron chi connectivity index (χ0n) is 16.1. The maximum absolute atomic E-state index is 12.5. The van der Waals surface area contributed by atoms with Crippen molar-refractivity contribution in [2.45, 2.75) is 31.7 Å². The maximum atomic E-state index is 12.5. The zero-order chi connectivity index (χ0) is 22.2. The molecule has 0 unspecified atom stereocenters. The molecule has 0 spiro atoms. The summed E-state index contributed by atoms with van der Waals surface area (Å²) >= 11 is 6.05. The van der Waals surface area contributed by atoms with Crippen molar-refractivity contribution >= 4 is 34.4 Å². The van der Waals surface area contributed by atoms with Crippen molar-refractivity contribution in [3.8, 4) is 11.4 Å². The van der Waals surface area contributed by atoms with E-state index >= 15 is 0 Å². The molecule has 1 atom stereocenters. The number of aliphatic hydroxyl groups excluding tert-OH is 1. The molecule has 31 heavy (non-hydrogen) atoms. The van der Waals surface area contributed by atoms with Crippen LogP contribution >= 0.6 is 11.6 Å². The van der Waals surface area contributed by atoms with E-state index in [2.05, 4.69) is 19.9 Å². The Morgan fingerprint density at radius 2 is 2.16 bits per heavy atom. The summed E-state index contributed by atoms with van der Waals surface area (Å²) in [5, 5.41) is 12.8. The van der Waals surface area contributed by atoms with Crippen LogP contribution in [0.4, 0.5) is 19.0 Å². The standard InChI is InChI=1S/C19H18ClF3N6O2/c20-11-4-12-13(7-26-15(12)25-6-11)16-24-5-10(8-30)17(28-16)29-3-1-2-14(29)18(31)27-9-19(21,22)23/h4-7,14,30H,1-3,8-9H2,(H,25,26)(H,27,31)/t14-/m1/s1. The first-order valence-electron chi connectivity index (χ1n) is 9.47. The summed E-state index contributed by atoms with van der Waals surface area (Å²) in [7, 11) is 0. The first-order chi connectivity index (χ1) is 14.8. The van der Waals surface area contributed by atoms with Gasteiger partial charge in [0.2, 0.25) is 5.91 Å². The predicted octanol–water partition coefficient (Wildman–Crippen LogP) is 2.81. The molecule has 0 aromatic carbocycles. The highest BCUT2D eigenvalue weighted by Crippen LogP contribution is 2.32. The molecule has 1 aliphatic heterocycles. The molecular formula is C19H18ClF3N6O2. The van der Waals surface area contributed by atoms with Crippen LogP contribution in [0.15, 0.2) is 24.7 Å². The minimum absolute atomic E-state index is 0.307. The summed E-state index contributed by atoms with van der Waals surface area (Å²) in [5.41, 5.74) is 1.57. The second-order valence-electron chi connectivity index (χ2n) is 7.14. The Morgan fingerprint density at radius 3 is 2.90 bits per heavy atom. The van der Waals surface area contributed by atoms with E-state index in [1.807, 2.05) is 5.32 Å². The topological polar surface area (TPSA) is 107 Å². The van der Waals surface area contributed by atoms with Crippen LogP contribution in [-0.2, 0) is 11.4 Å². The number of halogens is 4. The minimum Gasteiger partial charge on any atom is -0.391 e. The number of carbonyl (C=O) groups excluding carboxylic acids is 1. The maximum Gasteiger partial charge on any atom is 0.405 e. The highest BCUT2D eigenvalue weighted by Gasteiger charge is 2.35. The van der Waals surface area contributed by atoms with Crippen LogP contribution in [0.2, 0.25) is 5.02 Å². The lowest BCUT2D eigenvalue weighted by Gasteiger charge is -2.27. The summed E-state index contributed by atoms with van der Waals surface area (Å²) in [6, 6.07) is 0.886. The van der Waals surface area contributed by atoms with Crippen molar-refractivity contribution in [3.63, 3.8) is 0 Å². The number of hydrogen-bond donors (Lipinski definition) is 3. The Balaban J connectivity index is 1.69. The number of nitrogens with one attached hydrogen (secondary N) is 2. The Morgan fingerprint density at radius 1 is 1.35 bits per heavy atom. The van der Waals surface area contributed by atoms with Crippen LogP contribution in [0.3, 0.4) is 0 Å². The van der Waals surface area contributed by atoms with Gasteiger partial charge in [0.1, 0.15) is 24.1 Å². The van der Waals surface area contributed by atoms with Crippen LogP contribution in [-0.4, -0.2) is 56.3 Å². The van der Waals surface area contributed by atoms with Gasteiger partial charge in [-0.05, 0) is 18.9 Å². The first kappa shape index (κ1) is 21.3. The number of H-pyrrole nitrogens is 1. The van der Waals surface area contributed by atoms with Crippen molar-refractivity contribution in [2.24, 2.45) is 0 Å². The van der Waals surface area contributed by atoms with E-state index < -0.39 is 24.7 Å². The van der Waals surface area contributed by atoms with Gasteiger partial charge in [0.05, 0.1) is 11.6 Å². The largest absolute Gasteiger partial charge is 0.405 e. The summed E-state index contributed by atoms with van der Waals surface area (Å²) in [6.07, 6.45) is 1.09. The van der Waals surface area contributed by atoms with E-state index in [1.165, 1.54) is 12.4 Å². The summed E-state index contributed by atoms with van der Waals surface area (Å²) in [4.78, 5) is 30.1. The highest BCUT2D eigenvalue weighted by atomic mass is 35.5. The smallest absolute Gasteiger partial charge is 0.391 e. The summed E-state index contributed by atoms with van der Waals surface area (Å²) < 4.78 is 37.5. The third-order valence-electron chi connectivity index (χ3n) is 5.04. The van der Waals surface area contributed by atoms with Gasteiger partial charge in [0.25, 0.3) is 0 Å². The molecule has 3 N–H and O–H groups in total. The van der Waals surface area contributed by atoms with Crippen LogP contribution in [0, 0.1) is 0 Å². The number of aromatic amines is 1. The molecule has 0 aliphatic carbocycles. The van der Waals surface area contributed by atoms with Crippen LogP contribution < -0.4 is 10.2 Å². The molecule has 3 aromatic heterocycles. The third-order valence-corrected chi connectivity index (χ3v) is 5.25. The predicted molar refractivity (Wildman–Crippen MR) is 107 cm³/mol. The number of alkyl halides is 3. The Hall–Kier alpha value is -2.92. The molecule has 0 bridgehead atoms. The van der Waals surface area contributed by atoms with Gasteiger partial charge in [-0.1, -0.05) is 11.6 Å². The first-order valence-corrected chi connectivity index (χ1v) is 9.85. The number of rotatable bonds is 5. The van der Waals surface area contributed by atoms with E-state index in [4.69, 9.17) is 11.6 Å². The van der Waals surface area contributed by atoms with Gasteiger partial charge < -0.3 is 20.3 Å². The lowest BCUT2D eigenvalue weighted by molar-refractivity contribution is -0.139. The van der Waals surface area contributed by atoms with Gasteiger partial charge in [-0.2, -0.15) is 13.2 Å². The molecule has 4 heterocycles. The molecule has 0 radical (unpaired) electrons. The van der Waals surface area contributed by atoms with Gasteiger partial charge in [-0.25, -0.2) is 15.0 Å². The number of aromatic nitrogens is 4. The van der Waals surface area contributed by atoms with Gasteiger partial charge in [0, 0.05) is 41.6 Å². The van der Waals surface area contributed by atoms with Crippen molar-refractivity contribution in [1.82, 2.24) is 25.3 Å². The molecule has 164 valence electrons. The normalized spacial score (nSPS) is 16.8. The van der Waals surface area contributed by atoms with Crippen molar-refractivity contribution < 1.29 is 23.1 Å². The Bertz CT molecular complexity index is 1120. The second-order valence-corrected chi connectivity index (χ2v) is 7.57. The summed E-state index contributed by atoms with van der Waals surface area (Å²) in [6.45, 7) is -1.37. The third kappa shape index (κ3) is 4.42. The van der Waals surface area contributed by atoms with Crippen LogP contribution in [0.5, 0.6) is 0 Å². The highest BCUT2D eigenvalue weighted by molar-refractivity contribution is 6.31. The number of fused-ring (bicyclic) bond motifs is 1. The van der Waals surface area contributed by atoms with Crippen LogP contribution in [0.25, 0.3) is 22.4 Å². The molecule has 1 saturated heterocycles. The van der Waals surface area contributed by atoms with E-state index in [1.54, 1.807) is 17.2 Å². The van der Waals surface area contributed by atoms with E-state index in [9.17, 15) is 23.1 Å². The number of carbonyl (C=O) groups is 1. The molecule has 0 saturated carbocycles. The molecule has 1 amide bonds. The minimum atomic E-state index is -4.50. The Labute approximate surface area is 179 Å². The van der Waals surface area contributed by atoms with E-state index in [0.717, 1.165) is 0 Å². The van der Waals surface area contributed by atoms with Crippen LogP contribution in [0.1, 0.15) is 18.4 Å². The quantitative estimate of drug-likeness (QED) is 0.547. The molecule has 3 aromatic rings.